The van der Waals surface area contributed by atoms with Gasteiger partial charge < -0.3 is 19.1 Å². The average molecular weight is 810 g/mol. The number of esters is 1. The van der Waals surface area contributed by atoms with E-state index in [0.717, 1.165) is 35.1 Å². The Hall–Kier alpha value is -4.07. The minimum absolute atomic E-state index is 0.0296. The van der Waals surface area contributed by atoms with Gasteiger partial charge in [-0.3, -0.25) is 23.9 Å². The molecule has 0 unspecified atom stereocenters. The molecule has 1 aromatic carbocycles. The number of fused-ring (bicyclic) bond motifs is 5. The molecule has 1 N–H and O–H groups in total. The summed E-state index contributed by atoms with van der Waals surface area (Å²) >= 11 is 0. The summed E-state index contributed by atoms with van der Waals surface area (Å²) in [4.78, 5) is 63.4. The topological polar surface area (TPSA) is 158 Å². The fourth-order valence-electron chi connectivity index (χ4n) is 9.05. The van der Waals surface area contributed by atoms with Gasteiger partial charge in [0.25, 0.3) is 0 Å². The van der Waals surface area contributed by atoms with E-state index in [4.69, 9.17) is 19.2 Å². The Morgan fingerprint density at radius 1 is 1.11 bits per heavy atom. The van der Waals surface area contributed by atoms with Crippen LogP contribution < -0.4 is 14.2 Å². The number of halogens is 1. The maximum absolute atomic E-state index is 14.9. The van der Waals surface area contributed by atoms with E-state index in [-0.39, 0.29) is 62.8 Å². The summed E-state index contributed by atoms with van der Waals surface area (Å²) in [5.41, 5.74) is -1.38. The largest absolute Gasteiger partial charge is 0.491 e. The van der Waals surface area contributed by atoms with E-state index in [1.54, 1.807) is 20.8 Å². The summed E-state index contributed by atoms with van der Waals surface area (Å²) < 4.78 is 59.3. The third-order valence-electron chi connectivity index (χ3n) is 12.6. The molecule has 2 aliphatic carbocycles. The number of benzene rings is 1. The first-order valence-electron chi connectivity index (χ1n) is 20.5. The van der Waals surface area contributed by atoms with Crippen LogP contribution in [0.5, 0.6) is 11.6 Å². The summed E-state index contributed by atoms with van der Waals surface area (Å²) in [6.45, 7) is 8.89. The van der Waals surface area contributed by atoms with Crippen LogP contribution in [0.15, 0.2) is 36.4 Å². The number of carbonyl (C=O) groups excluding carboxylic acids is 4. The zero-order valence-corrected chi connectivity index (χ0v) is 34.5. The maximum atomic E-state index is 14.9. The second kappa shape index (κ2) is 15.6. The van der Waals surface area contributed by atoms with Crippen LogP contribution in [0.4, 0.5) is 4.39 Å². The number of alkyl halides is 1. The molecule has 3 fully saturated rings. The highest BCUT2D eigenvalue weighted by Gasteiger charge is 2.63. The maximum Gasteiger partial charge on any atom is 0.307 e. The van der Waals surface area contributed by atoms with E-state index in [9.17, 15) is 32.0 Å². The number of rotatable bonds is 8. The number of hydrogen-bond donors (Lipinski definition) is 1. The number of allylic oxidation sites excluding steroid dienone is 2. The molecule has 310 valence electrons. The molecule has 1 aromatic heterocycles. The quantitative estimate of drug-likeness (QED) is 0.241. The Kier molecular flexibility index (Phi) is 11.2. The van der Waals surface area contributed by atoms with Crippen LogP contribution >= 0.6 is 0 Å². The van der Waals surface area contributed by atoms with Crippen molar-refractivity contribution >= 4 is 44.4 Å². The van der Waals surface area contributed by atoms with Crippen LogP contribution in [0, 0.1) is 29.1 Å². The average Bonchev–Trinajstić information content (AvgIpc) is 4.06. The Morgan fingerprint density at radius 2 is 1.84 bits per heavy atom. The normalized spacial score (nSPS) is 30.7. The summed E-state index contributed by atoms with van der Waals surface area (Å²) in [7, 11) is -4.34. The Labute approximate surface area is 334 Å². The zero-order chi connectivity index (χ0) is 40.9. The van der Waals surface area contributed by atoms with Crippen LogP contribution in [0.2, 0.25) is 0 Å². The monoisotopic (exact) mass is 809 g/mol. The summed E-state index contributed by atoms with van der Waals surface area (Å²) in [6.07, 6.45) is 6.87. The fraction of sp³-hybridized carbons (Fsp3) is 0.651. The van der Waals surface area contributed by atoms with Crippen LogP contribution in [-0.2, 0) is 40.4 Å². The highest BCUT2D eigenvalue weighted by molar-refractivity contribution is 7.91. The van der Waals surface area contributed by atoms with Gasteiger partial charge in [-0.15, -0.1) is 0 Å². The molecule has 12 nitrogen and oxygen atoms in total. The van der Waals surface area contributed by atoms with Gasteiger partial charge in [-0.2, -0.15) is 0 Å². The lowest BCUT2D eigenvalue weighted by Gasteiger charge is -2.32. The van der Waals surface area contributed by atoms with Gasteiger partial charge in [-0.1, -0.05) is 44.2 Å². The first kappa shape index (κ1) is 41.1. The molecule has 3 aliphatic heterocycles. The van der Waals surface area contributed by atoms with E-state index < -0.39 is 74.1 Å². The van der Waals surface area contributed by atoms with Crippen molar-refractivity contribution in [1.29, 1.82) is 0 Å². The summed E-state index contributed by atoms with van der Waals surface area (Å²) in [5.74, 6) is -2.31. The Bertz CT molecular complexity index is 2060. The molecule has 0 bridgehead atoms. The van der Waals surface area contributed by atoms with Crippen LogP contribution in [0.3, 0.4) is 0 Å². The number of amides is 2. The minimum Gasteiger partial charge on any atom is -0.491 e. The molecule has 0 spiro atoms. The van der Waals surface area contributed by atoms with Crippen molar-refractivity contribution < 1.29 is 46.2 Å². The van der Waals surface area contributed by atoms with Crippen LogP contribution in [0.1, 0.15) is 105 Å². The molecular formula is C43H56FN3O9S. The Balaban J connectivity index is 1.24. The first-order chi connectivity index (χ1) is 27.0. The van der Waals surface area contributed by atoms with Crippen molar-refractivity contribution in [1.82, 2.24) is 14.6 Å². The number of pyridine rings is 1. The van der Waals surface area contributed by atoms with E-state index >= 15 is 0 Å². The molecule has 2 saturated carbocycles. The number of nitrogens with zero attached hydrogens (tertiary/aromatic N) is 2. The Morgan fingerprint density at radius 3 is 2.54 bits per heavy atom. The first-order valence-corrected chi connectivity index (χ1v) is 22.0. The van der Waals surface area contributed by atoms with Gasteiger partial charge in [0, 0.05) is 23.6 Å². The second-order valence-corrected chi connectivity index (χ2v) is 20.3. The van der Waals surface area contributed by atoms with Crippen molar-refractivity contribution in [2.75, 3.05) is 19.8 Å². The van der Waals surface area contributed by atoms with E-state index in [1.807, 2.05) is 43.3 Å². The molecule has 2 aromatic rings. The molecule has 7 atom stereocenters. The number of aryl methyl sites for hydroxylation is 1. The number of ketones is 1. The van der Waals surface area contributed by atoms with Crippen molar-refractivity contribution in [3.05, 3.63) is 42.1 Å². The highest BCUT2D eigenvalue weighted by Crippen LogP contribution is 2.58. The molecule has 14 heteroatoms. The lowest BCUT2D eigenvalue weighted by Crippen LogP contribution is -2.48. The standard InChI is InChI=1S/C43H56FN3O9S/c1-26-11-6-7-12-28-22-43(28,40(51)46-57(52,53)42(25-44)16-17-42)23-35(48)34-20-29(24-47(34)39(50)32(27(2)19-26)21-36(49)56-41(3,4)5)55-38-31-14-9-8-13-30(31)37-33(45-38)15-10-18-54-37/h7-9,12-14,26-29,32,34H,6,10-11,15-25H2,1-5H3,(H,46,51)/b12-7-/t26-,27-,28-,29-,32+,34+,43-/m1/s1. The van der Waals surface area contributed by atoms with Gasteiger partial charge in [-0.25, -0.2) is 17.8 Å². The molecule has 4 heterocycles. The lowest BCUT2D eigenvalue weighted by atomic mass is 9.82. The van der Waals surface area contributed by atoms with Gasteiger partial charge in [0.05, 0.1) is 42.6 Å². The van der Waals surface area contributed by atoms with E-state index in [0.29, 0.717) is 31.7 Å². The summed E-state index contributed by atoms with van der Waals surface area (Å²) in [5, 5.41) is 1.59. The molecule has 7 rings (SSSR count). The second-order valence-electron chi connectivity index (χ2n) is 18.3. The van der Waals surface area contributed by atoms with E-state index in [2.05, 4.69) is 11.6 Å². The number of aromatic nitrogens is 1. The van der Waals surface area contributed by atoms with Crippen molar-refractivity contribution in [2.45, 2.75) is 128 Å². The van der Waals surface area contributed by atoms with Gasteiger partial charge >= 0.3 is 5.97 Å². The number of nitrogens with one attached hydrogen (secondary N) is 1. The molecule has 5 aliphatic rings. The van der Waals surface area contributed by atoms with Gasteiger partial charge in [0.15, 0.2) is 5.78 Å². The van der Waals surface area contributed by atoms with Crippen molar-refractivity contribution in [3.8, 4) is 11.6 Å². The molecule has 0 radical (unpaired) electrons. The van der Waals surface area contributed by atoms with Crippen LogP contribution in [0.25, 0.3) is 10.8 Å². The third-order valence-corrected chi connectivity index (χ3v) is 14.7. The third kappa shape index (κ3) is 8.43. The predicted molar refractivity (Wildman–Crippen MR) is 211 cm³/mol. The predicted octanol–water partition coefficient (Wildman–Crippen LogP) is 6.18. The van der Waals surface area contributed by atoms with Crippen molar-refractivity contribution in [2.24, 2.45) is 29.1 Å². The lowest BCUT2D eigenvalue weighted by molar-refractivity contribution is -0.160. The number of sulfonamides is 1. The van der Waals surface area contributed by atoms with Crippen molar-refractivity contribution in [3.63, 3.8) is 0 Å². The SMILES string of the molecule is C[C@@H]1CC/C=C\[C@@H]2C[C@@]2(C(=O)NS(=O)(=O)C2(CF)CC2)CC(=O)[C@@H]2C[C@@H](Oc3nc4c(c5ccccc35)OCCC4)CN2C(=O)[C@@H](CC(=O)OC(C)(C)C)[C@H](C)C1. The van der Waals surface area contributed by atoms with E-state index in [1.165, 1.54) is 4.90 Å². The smallest absolute Gasteiger partial charge is 0.307 e. The number of carbonyl (C=O) groups is 4. The van der Waals surface area contributed by atoms with Gasteiger partial charge in [0.1, 0.15) is 28.9 Å². The van der Waals surface area contributed by atoms with Gasteiger partial charge in [0.2, 0.25) is 27.7 Å². The molecular weight excluding hydrogens is 754 g/mol. The van der Waals surface area contributed by atoms with Gasteiger partial charge in [-0.05, 0) is 96.0 Å². The summed E-state index contributed by atoms with van der Waals surface area (Å²) in [6, 6.07) is 6.61. The zero-order valence-electron chi connectivity index (χ0n) is 33.7. The fourth-order valence-corrected chi connectivity index (χ4v) is 10.5. The number of hydrogen-bond acceptors (Lipinski definition) is 10. The molecule has 1 saturated heterocycles. The van der Waals surface area contributed by atoms with Crippen LogP contribution in [-0.4, -0.2) is 84.2 Å². The number of ether oxygens (including phenoxy) is 3. The highest BCUT2D eigenvalue weighted by atomic mass is 32.2. The number of Topliss-reactive ketones (excluding diaryl/α,β-unsaturated/α-hetero) is 1. The molecule has 57 heavy (non-hydrogen) atoms. The molecule has 2 amide bonds. The minimum atomic E-state index is -4.34.